The van der Waals surface area contributed by atoms with E-state index in [-0.39, 0.29) is 0 Å². The molecule has 0 saturated heterocycles. The summed E-state index contributed by atoms with van der Waals surface area (Å²) in [6.45, 7) is 16.9. The summed E-state index contributed by atoms with van der Waals surface area (Å²) >= 11 is 0. The van der Waals surface area contributed by atoms with E-state index in [1.165, 1.54) is 25.7 Å². The van der Waals surface area contributed by atoms with Crippen LogP contribution in [-0.4, -0.2) is 0 Å². The fourth-order valence-electron chi connectivity index (χ4n) is 2.48. The van der Waals surface area contributed by atoms with E-state index in [1.54, 1.807) is 0 Å². The van der Waals surface area contributed by atoms with Gasteiger partial charge < -0.3 is 0 Å². The van der Waals surface area contributed by atoms with Gasteiger partial charge >= 0.3 is 0 Å². The number of hydrogen-bond acceptors (Lipinski definition) is 0. The van der Waals surface area contributed by atoms with Crippen molar-refractivity contribution >= 4 is 0 Å². The molecule has 0 bridgehead atoms. The Morgan fingerprint density at radius 2 is 1.60 bits per heavy atom. The first-order valence-electron chi connectivity index (χ1n) is 6.58. The molecule has 0 aromatic carbocycles. The van der Waals surface area contributed by atoms with Crippen LogP contribution in [0.3, 0.4) is 0 Å². The second kappa shape index (κ2) is 3.79. The summed E-state index contributed by atoms with van der Waals surface area (Å²) in [4.78, 5) is 0. The maximum absolute atomic E-state index is 2.49. The van der Waals surface area contributed by atoms with Crippen LogP contribution in [-0.2, 0) is 0 Å². The van der Waals surface area contributed by atoms with Crippen LogP contribution in [0.15, 0.2) is 0 Å². The van der Waals surface area contributed by atoms with E-state index in [4.69, 9.17) is 0 Å². The molecule has 0 aromatic heterocycles. The maximum atomic E-state index is 2.49. The summed E-state index contributed by atoms with van der Waals surface area (Å²) < 4.78 is 0. The lowest BCUT2D eigenvalue weighted by atomic mass is 9.50. The molecule has 2 atom stereocenters. The minimum atomic E-state index is 0.476. The standard InChI is InChI=1S/C15H30/c1-12(13(2,3)4)8-9-15(7)11-10-14(15,5)6/h12H,8-11H2,1-7H3. The highest BCUT2D eigenvalue weighted by Gasteiger charge is 2.48. The van der Waals surface area contributed by atoms with Crippen molar-refractivity contribution in [2.45, 2.75) is 74.1 Å². The second-order valence-electron chi connectivity index (χ2n) is 7.75. The zero-order valence-electron chi connectivity index (χ0n) is 11.9. The molecule has 15 heavy (non-hydrogen) atoms. The van der Waals surface area contributed by atoms with Crippen LogP contribution < -0.4 is 0 Å². The van der Waals surface area contributed by atoms with Gasteiger partial charge in [0.05, 0.1) is 0 Å². The molecule has 0 aromatic rings. The average molecular weight is 210 g/mol. The molecule has 0 radical (unpaired) electrons. The Bertz CT molecular complexity index is 219. The zero-order valence-corrected chi connectivity index (χ0v) is 11.9. The molecule has 0 aliphatic heterocycles. The fourth-order valence-corrected chi connectivity index (χ4v) is 2.48. The molecule has 1 saturated carbocycles. The third kappa shape index (κ3) is 2.57. The van der Waals surface area contributed by atoms with E-state index in [1.807, 2.05) is 0 Å². The highest BCUT2D eigenvalue weighted by atomic mass is 14.5. The third-order valence-electron chi connectivity index (χ3n) is 5.54. The first-order valence-corrected chi connectivity index (χ1v) is 6.58. The van der Waals surface area contributed by atoms with Crippen LogP contribution in [0.5, 0.6) is 0 Å². The van der Waals surface area contributed by atoms with Gasteiger partial charge in [-0.3, -0.25) is 0 Å². The Labute approximate surface area is 96.8 Å². The molecule has 0 amide bonds. The summed E-state index contributed by atoms with van der Waals surface area (Å²) in [5, 5.41) is 0. The van der Waals surface area contributed by atoms with Gasteiger partial charge in [0.1, 0.15) is 0 Å². The first-order chi connectivity index (χ1) is 6.58. The molecule has 0 heterocycles. The first kappa shape index (κ1) is 13.1. The molecule has 90 valence electrons. The fraction of sp³-hybridized carbons (Fsp3) is 1.00. The van der Waals surface area contributed by atoms with Gasteiger partial charge in [-0.15, -0.1) is 0 Å². The predicted molar refractivity (Wildman–Crippen MR) is 69.0 cm³/mol. The third-order valence-corrected chi connectivity index (χ3v) is 5.54. The van der Waals surface area contributed by atoms with Crippen molar-refractivity contribution in [2.75, 3.05) is 0 Å². The number of hydrogen-bond donors (Lipinski definition) is 0. The smallest absolute Gasteiger partial charge is 0.0274 e. The molecule has 0 nitrogen and oxygen atoms in total. The largest absolute Gasteiger partial charge is 0.0620 e. The van der Waals surface area contributed by atoms with E-state index in [0.29, 0.717) is 16.2 Å². The van der Waals surface area contributed by atoms with E-state index in [2.05, 4.69) is 48.5 Å². The van der Waals surface area contributed by atoms with Gasteiger partial charge in [-0.25, -0.2) is 0 Å². The van der Waals surface area contributed by atoms with Gasteiger partial charge in [-0.05, 0) is 47.8 Å². The molecule has 1 rings (SSSR count). The van der Waals surface area contributed by atoms with Gasteiger partial charge in [0.2, 0.25) is 0 Å². The zero-order chi connectivity index (χ0) is 11.9. The van der Waals surface area contributed by atoms with Crippen LogP contribution in [0.1, 0.15) is 74.1 Å². The molecule has 0 heteroatoms. The van der Waals surface area contributed by atoms with Gasteiger partial charge in [0.15, 0.2) is 0 Å². The lowest BCUT2D eigenvalue weighted by Crippen LogP contribution is -2.45. The van der Waals surface area contributed by atoms with Crippen LogP contribution in [0.4, 0.5) is 0 Å². The lowest BCUT2D eigenvalue weighted by Gasteiger charge is -2.55. The van der Waals surface area contributed by atoms with E-state index in [0.717, 1.165) is 5.92 Å². The molecule has 1 aliphatic rings. The minimum Gasteiger partial charge on any atom is -0.0620 e. The highest BCUT2D eigenvalue weighted by Crippen LogP contribution is 2.59. The molecular formula is C15H30. The van der Waals surface area contributed by atoms with Crippen molar-refractivity contribution in [1.29, 1.82) is 0 Å². The molecule has 0 N–H and O–H groups in total. The van der Waals surface area contributed by atoms with Crippen molar-refractivity contribution in [3.63, 3.8) is 0 Å². The van der Waals surface area contributed by atoms with Crippen molar-refractivity contribution in [1.82, 2.24) is 0 Å². The summed E-state index contributed by atoms with van der Waals surface area (Å²) in [6.07, 6.45) is 5.67. The molecule has 1 aliphatic carbocycles. The maximum Gasteiger partial charge on any atom is -0.0274 e. The Kier molecular flexibility index (Phi) is 3.30. The van der Waals surface area contributed by atoms with Crippen LogP contribution in [0, 0.1) is 22.2 Å². The molecule has 0 spiro atoms. The predicted octanol–water partition coefficient (Wildman–Crippen LogP) is 5.28. The van der Waals surface area contributed by atoms with Crippen molar-refractivity contribution in [3.05, 3.63) is 0 Å². The second-order valence-corrected chi connectivity index (χ2v) is 7.75. The Balaban J connectivity index is 2.45. The van der Waals surface area contributed by atoms with Gasteiger partial charge in [-0.2, -0.15) is 0 Å². The average Bonchev–Trinajstić information content (AvgIpc) is 2.10. The SMILES string of the molecule is CC(CCC1(C)CCC1(C)C)C(C)(C)C. The van der Waals surface area contributed by atoms with E-state index >= 15 is 0 Å². The molecule has 2 unspecified atom stereocenters. The summed E-state index contributed by atoms with van der Waals surface area (Å²) in [6, 6.07) is 0. The molecule has 1 fully saturated rings. The normalized spacial score (nSPS) is 32.2. The van der Waals surface area contributed by atoms with Crippen LogP contribution >= 0.6 is 0 Å². The summed E-state index contributed by atoms with van der Waals surface area (Å²) in [5.74, 6) is 0.839. The monoisotopic (exact) mass is 210 g/mol. The number of rotatable bonds is 3. The Morgan fingerprint density at radius 1 is 1.07 bits per heavy atom. The topological polar surface area (TPSA) is 0 Å². The lowest BCUT2D eigenvalue weighted by molar-refractivity contribution is -0.0485. The van der Waals surface area contributed by atoms with Crippen LogP contribution in [0.25, 0.3) is 0 Å². The van der Waals surface area contributed by atoms with Crippen molar-refractivity contribution < 1.29 is 0 Å². The van der Waals surface area contributed by atoms with Crippen LogP contribution in [0.2, 0.25) is 0 Å². The van der Waals surface area contributed by atoms with Crippen molar-refractivity contribution in [3.8, 4) is 0 Å². The summed E-state index contributed by atoms with van der Waals surface area (Å²) in [5.41, 5.74) is 1.68. The molecular weight excluding hydrogens is 180 g/mol. The van der Waals surface area contributed by atoms with Crippen molar-refractivity contribution in [2.24, 2.45) is 22.2 Å². The summed E-state index contributed by atoms with van der Waals surface area (Å²) in [7, 11) is 0. The Morgan fingerprint density at radius 3 is 1.87 bits per heavy atom. The van der Waals surface area contributed by atoms with Gasteiger partial charge in [0.25, 0.3) is 0 Å². The Hall–Kier alpha value is 0. The quantitative estimate of drug-likeness (QED) is 0.595. The van der Waals surface area contributed by atoms with Gasteiger partial charge in [-0.1, -0.05) is 48.5 Å². The van der Waals surface area contributed by atoms with Gasteiger partial charge in [0, 0.05) is 0 Å². The van der Waals surface area contributed by atoms with E-state index in [9.17, 15) is 0 Å². The minimum absolute atomic E-state index is 0.476. The highest BCUT2D eigenvalue weighted by molar-refractivity contribution is 4.99. The van der Waals surface area contributed by atoms with E-state index < -0.39 is 0 Å².